The molecule has 1 aromatic rings. The first-order chi connectivity index (χ1) is 10.2. The van der Waals surface area contributed by atoms with Gasteiger partial charge in [0.2, 0.25) is 6.29 Å². The summed E-state index contributed by atoms with van der Waals surface area (Å²) in [7, 11) is 1.55. The van der Waals surface area contributed by atoms with E-state index in [1.807, 2.05) is 19.1 Å². The van der Waals surface area contributed by atoms with Crippen molar-refractivity contribution in [2.24, 2.45) is 0 Å². The van der Waals surface area contributed by atoms with Crippen molar-refractivity contribution in [3.8, 4) is 0 Å². The standard InChI is InChI=1S/C16H22N2O3/c1-12-15(20-2)21-16(19)18(12)14-8-6-13(7-9-14)17-10-4-3-5-11-17/h6-9,12,15H,3-5,10-11H2,1-2H3. The lowest BCUT2D eigenvalue weighted by molar-refractivity contribution is -0.0640. The Morgan fingerprint density at radius 2 is 1.71 bits per heavy atom. The summed E-state index contributed by atoms with van der Waals surface area (Å²) in [5.74, 6) is 0. The molecule has 5 heteroatoms. The SMILES string of the molecule is COC1OC(=O)N(c2ccc(N3CCCCC3)cc2)C1C. The van der Waals surface area contributed by atoms with Crippen LogP contribution in [0, 0.1) is 0 Å². The van der Waals surface area contributed by atoms with E-state index in [4.69, 9.17) is 9.47 Å². The zero-order valence-electron chi connectivity index (χ0n) is 12.6. The quantitative estimate of drug-likeness (QED) is 0.858. The summed E-state index contributed by atoms with van der Waals surface area (Å²) in [6.07, 6.45) is 2.99. The Morgan fingerprint density at radius 3 is 2.29 bits per heavy atom. The van der Waals surface area contributed by atoms with E-state index in [0.29, 0.717) is 0 Å². The highest BCUT2D eigenvalue weighted by Crippen LogP contribution is 2.29. The fourth-order valence-corrected chi connectivity index (χ4v) is 3.10. The van der Waals surface area contributed by atoms with Crippen molar-refractivity contribution in [2.75, 3.05) is 30.0 Å². The molecule has 0 N–H and O–H groups in total. The first-order valence-corrected chi connectivity index (χ1v) is 7.58. The monoisotopic (exact) mass is 290 g/mol. The number of hydrogen-bond acceptors (Lipinski definition) is 4. The summed E-state index contributed by atoms with van der Waals surface area (Å²) in [4.78, 5) is 16.0. The molecule has 2 aliphatic heterocycles. The van der Waals surface area contributed by atoms with Crippen molar-refractivity contribution in [3.05, 3.63) is 24.3 Å². The molecule has 0 aliphatic carbocycles. The van der Waals surface area contributed by atoms with E-state index < -0.39 is 6.29 Å². The minimum atomic E-state index is -0.501. The Balaban J connectivity index is 1.76. The number of rotatable bonds is 3. The van der Waals surface area contributed by atoms with Crippen molar-refractivity contribution in [1.82, 2.24) is 0 Å². The Morgan fingerprint density at radius 1 is 1.10 bits per heavy atom. The van der Waals surface area contributed by atoms with E-state index >= 15 is 0 Å². The number of piperidine rings is 1. The number of cyclic esters (lactones) is 1. The molecule has 2 unspecified atom stereocenters. The van der Waals surface area contributed by atoms with Gasteiger partial charge in [0, 0.05) is 31.6 Å². The van der Waals surface area contributed by atoms with E-state index in [9.17, 15) is 4.79 Å². The number of ether oxygens (including phenoxy) is 2. The van der Waals surface area contributed by atoms with Crippen LogP contribution in [0.2, 0.25) is 0 Å². The highest BCUT2D eigenvalue weighted by atomic mass is 16.7. The van der Waals surface area contributed by atoms with Crippen molar-refractivity contribution in [2.45, 2.75) is 38.5 Å². The van der Waals surface area contributed by atoms with E-state index in [1.54, 1.807) is 12.0 Å². The Bertz CT molecular complexity index is 497. The van der Waals surface area contributed by atoms with E-state index in [2.05, 4.69) is 17.0 Å². The average Bonchev–Trinajstić information content (AvgIpc) is 2.82. The largest absolute Gasteiger partial charge is 0.417 e. The smallest absolute Gasteiger partial charge is 0.417 e. The fourth-order valence-electron chi connectivity index (χ4n) is 3.10. The maximum Gasteiger partial charge on any atom is 0.417 e. The van der Waals surface area contributed by atoms with Crippen LogP contribution in [-0.4, -0.2) is 38.6 Å². The molecule has 5 nitrogen and oxygen atoms in total. The number of methoxy groups -OCH3 is 1. The Hall–Kier alpha value is -1.75. The predicted octanol–water partition coefficient (Wildman–Crippen LogP) is 2.99. The second-order valence-corrected chi connectivity index (χ2v) is 5.66. The fraction of sp³-hybridized carbons (Fsp3) is 0.562. The number of hydrogen-bond donors (Lipinski definition) is 0. The summed E-state index contributed by atoms with van der Waals surface area (Å²) in [5.41, 5.74) is 2.08. The molecule has 0 bridgehead atoms. The average molecular weight is 290 g/mol. The van der Waals surface area contributed by atoms with Gasteiger partial charge in [-0.1, -0.05) is 0 Å². The Kier molecular flexibility index (Phi) is 4.01. The molecule has 2 fully saturated rings. The Labute approximate surface area is 125 Å². The molecule has 0 saturated carbocycles. The molecule has 0 spiro atoms. The normalized spacial score (nSPS) is 26.1. The van der Waals surface area contributed by atoms with Crippen molar-refractivity contribution in [1.29, 1.82) is 0 Å². The van der Waals surface area contributed by atoms with Gasteiger partial charge >= 0.3 is 6.09 Å². The molecular formula is C16H22N2O3. The topological polar surface area (TPSA) is 42.0 Å². The van der Waals surface area contributed by atoms with Gasteiger partial charge in [-0.15, -0.1) is 0 Å². The maximum absolute atomic E-state index is 12.0. The summed E-state index contributed by atoms with van der Waals surface area (Å²) in [6, 6.07) is 8.02. The number of nitrogens with zero attached hydrogens (tertiary/aromatic N) is 2. The van der Waals surface area contributed by atoms with Crippen molar-refractivity contribution >= 4 is 17.5 Å². The number of carbonyl (C=O) groups is 1. The minimum Gasteiger partial charge on any atom is -0.417 e. The molecule has 2 aliphatic rings. The summed E-state index contributed by atoms with van der Waals surface area (Å²) >= 11 is 0. The lowest BCUT2D eigenvalue weighted by Gasteiger charge is -2.29. The van der Waals surface area contributed by atoms with Gasteiger partial charge in [0.15, 0.2) is 0 Å². The first kappa shape index (κ1) is 14.2. The van der Waals surface area contributed by atoms with Gasteiger partial charge < -0.3 is 14.4 Å². The molecule has 0 aromatic heterocycles. The molecule has 21 heavy (non-hydrogen) atoms. The van der Waals surface area contributed by atoms with Crippen LogP contribution in [0.15, 0.2) is 24.3 Å². The van der Waals surface area contributed by atoms with E-state index in [-0.39, 0.29) is 12.1 Å². The maximum atomic E-state index is 12.0. The zero-order chi connectivity index (χ0) is 14.8. The third kappa shape index (κ3) is 2.70. The van der Waals surface area contributed by atoms with Crippen LogP contribution in [0.25, 0.3) is 0 Å². The van der Waals surface area contributed by atoms with Crippen LogP contribution in [0.3, 0.4) is 0 Å². The number of benzene rings is 1. The van der Waals surface area contributed by atoms with Gasteiger partial charge in [0.25, 0.3) is 0 Å². The summed E-state index contributed by atoms with van der Waals surface area (Å²) in [5, 5.41) is 0. The van der Waals surface area contributed by atoms with Crippen LogP contribution < -0.4 is 9.80 Å². The third-order valence-corrected chi connectivity index (χ3v) is 4.30. The van der Waals surface area contributed by atoms with Crippen molar-refractivity contribution < 1.29 is 14.3 Å². The number of anilines is 2. The minimum absolute atomic E-state index is 0.122. The third-order valence-electron chi connectivity index (χ3n) is 4.30. The molecule has 1 amide bonds. The molecule has 2 saturated heterocycles. The van der Waals surface area contributed by atoms with Crippen LogP contribution in [0.1, 0.15) is 26.2 Å². The van der Waals surface area contributed by atoms with Gasteiger partial charge in [-0.3, -0.25) is 4.90 Å². The second kappa shape index (κ2) is 5.93. The number of amides is 1. The van der Waals surface area contributed by atoms with Crippen LogP contribution in [0.4, 0.5) is 16.2 Å². The summed E-state index contributed by atoms with van der Waals surface area (Å²) in [6.45, 7) is 4.16. The first-order valence-electron chi connectivity index (χ1n) is 7.58. The molecule has 2 heterocycles. The van der Waals surface area contributed by atoms with Gasteiger partial charge in [-0.2, -0.15) is 0 Å². The highest BCUT2D eigenvalue weighted by Gasteiger charge is 2.39. The zero-order valence-corrected chi connectivity index (χ0v) is 12.6. The molecule has 114 valence electrons. The van der Waals surface area contributed by atoms with Gasteiger partial charge in [-0.25, -0.2) is 4.79 Å². The number of carbonyl (C=O) groups excluding carboxylic acids is 1. The van der Waals surface area contributed by atoms with E-state index in [0.717, 1.165) is 18.8 Å². The van der Waals surface area contributed by atoms with E-state index in [1.165, 1.54) is 24.9 Å². The predicted molar refractivity (Wildman–Crippen MR) is 81.7 cm³/mol. The van der Waals surface area contributed by atoms with Gasteiger partial charge in [0.05, 0.1) is 0 Å². The van der Waals surface area contributed by atoms with Crippen molar-refractivity contribution in [3.63, 3.8) is 0 Å². The van der Waals surface area contributed by atoms with Gasteiger partial charge in [-0.05, 0) is 50.5 Å². The van der Waals surface area contributed by atoms with Crippen LogP contribution in [-0.2, 0) is 9.47 Å². The lowest BCUT2D eigenvalue weighted by atomic mass is 10.1. The molecule has 2 atom stereocenters. The molecule has 0 radical (unpaired) electrons. The van der Waals surface area contributed by atoms with Crippen LogP contribution >= 0.6 is 0 Å². The highest BCUT2D eigenvalue weighted by molar-refractivity contribution is 5.90. The molecule has 1 aromatic carbocycles. The van der Waals surface area contributed by atoms with Crippen LogP contribution in [0.5, 0.6) is 0 Å². The lowest BCUT2D eigenvalue weighted by Crippen LogP contribution is -2.34. The molecular weight excluding hydrogens is 268 g/mol. The second-order valence-electron chi connectivity index (χ2n) is 5.66. The van der Waals surface area contributed by atoms with Gasteiger partial charge in [0.1, 0.15) is 6.04 Å². The summed E-state index contributed by atoms with van der Waals surface area (Å²) < 4.78 is 10.4. The molecule has 3 rings (SSSR count).